The molecule has 0 aromatic carbocycles. The summed E-state index contributed by atoms with van der Waals surface area (Å²) in [5.74, 6) is -5.20. The van der Waals surface area contributed by atoms with Gasteiger partial charge in [-0.05, 0) is 6.08 Å². The Hall–Kier alpha value is -0.770. The first-order chi connectivity index (χ1) is 4.51. The van der Waals surface area contributed by atoms with Gasteiger partial charge < -0.3 is 5.11 Å². The van der Waals surface area contributed by atoms with E-state index in [0.29, 0.717) is 6.08 Å². The van der Waals surface area contributed by atoms with E-state index in [9.17, 15) is 13.2 Å². The molecule has 0 fully saturated rings. The Kier molecular flexibility index (Phi) is 1.56. The number of alkyl halides is 1. The Morgan fingerprint density at radius 3 is 2.40 bits per heavy atom. The Morgan fingerprint density at radius 1 is 1.40 bits per heavy atom. The largest absolute Gasteiger partial charge is 0.358 e. The van der Waals surface area contributed by atoms with Gasteiger partial charge in [-0.15, -0.1) is 0 Å². The number of halogens is 3. The van der Waals surface area contributed by atoms with Crippen molar-refractivity contribution in [3.63, 3.8) is 0 Å². The van der Waals surface area contributed by atoms with Crippen molar-refractivity contribution < 1.29 is 18.3 Å². The molecule has 0 aromatic rings. The fourth-order valence-corrected chi connectivity index (χ4v) is 0.652. The highest BCUT2D eigenvalue weighted by atomic mass is 19.2. The van der Waals surface area contributed by atoms with Crippen molar-refractivity contribution >= 4 is 0 Å². The van der Waals surface area contributed by atoms with E-state index in [1.165, 1.54) is 0 Å². The topological polar surface area (TPSA) is 20.2 Å². The van der Waals surface area contributed by atoms with Gasteiger partial charge in [0, 0.05) is 12.5 Å². The van der Waals surface area contributed by atoms with Crippen LogP contribution in [0.4, 0.5) is 13.2 Å². The summed E-state index contributed by atoms with van der Waals surface area (Å²) in [5.41, 5.74) is 0. The lowest BCUT2D eigenvalue weighted by atomic mass is 10.1. The van der Waals surface area contributed by atoms with Crippen LogP contribution in [0.1, 0.15) is 6.42 Å². The van der Waals surface area contributed by atoms with Crippen molar-refractivity contribution in [2.45, 2.75) is 12.3 Å². The first-order valence-electron chi connectivity index (χ1n) is 2.67. The van der Waals surface area contributed by atoms with Gasteiger partial charge in [0.1, 0.15) is 0 Å². The molecule has 0 saturated heterocycles. The molecule has 1 atom stereocenters. The third-order valence-electron chi connectivity index (χ3n) is 1.14. The van der Waals surface area contributed by atoms with Gasteiger partial charge in [0.25, 0.3) is 0 Å². The van der Waals surface area contributed by atoms with Gasteiger partial charge in [-0.3, -0.25) is 0 Å². The van der Waals surface area contributed by atoms with Crippen molar-refractivity contribution in [3.05, 3.63) is 23.8 Å². The highest BCUT2D eigenvalue weighted by Gasteiger charge is 2.28. The number of rotatable bonds is 0. The molecule has 1 rings (SSSR count). The van der Waals surface area contributed by atoms with Crippen molar-refractivity contribution in [3.8, 4) is 0 Å². The Labute approximate surface area is 55.5 Å². The molecular weight excluding hydrogens is 145 g/mol. The third kappa shape index (κ3) is 1.39. The zero-order chi connectivity index (χ0) is 7.78. The maximum atomic E-state index is 12.3. The van der Waals surface area contributed by atoms with Crippen LogP contribution in [0.25, 0.3) is 0 Å². The normalized spacial score (nSPS) is 33.2. The van der Waals surface area contributed by atoms with E-state index in [0.717, 1.165) is 0 Å². The molecule has 1 N–H and O–H groups in total. The highest BCUT2D eigenvalue weighted by molar-refractivity contribution is 5.26. The van der Waals surface area contributed by atoms with E-state index < -0.39 is 23.9 Å². The van der Waals surface area contributed by atoms with E-state index in [1.54, 1.807) is 0 Å². The lowest BCUT2D eigenvalue weighted by Gasteiger charge is -2.15. The van der Waals surface area contributed by atoms with Crippen LogP contribution in [-0.4, -0.2) is 11.0 Å². The number of hydrogen-bond acceptors (Lipinski definition) is 1. The van der Waals surface area contributed by atoms with E-state index in [2.05, 4.69) is 0 Å². The molecule has 56 valence electrons. The SMILES string of the molecule is OC1(F)C=C(F)C(F)=CC1. The second kappa shape index (κ2) is 2.12. The van der Waals surface area contributed by atoms with Crippen molar-refractivity contribution in [2.75, 3.05) is 0 Å². The van der Waals surface area contributed by atoms with E-state index in [-0.39, 0.29) is 6.08 Å². The summed E-state index contributed by atoms with van der Waals surface area (Å²) in [6.45, 7) is 0. The Balaban J connectivity index is 2.87. The van der Waals surface area contributed by atoms with Gasteiger partial charge in [0.15, 0.2) is 11.7 Å². The first-order valence-corrected chi connectivity index (χ1v) is 2.67. The molecule has 0 spiro atoms. The molecule has 0 heterocycles. The van der Waals surface area contributed by atoms with Gasteiger partial charge in [-0.2, -0.15) is 0 Å². The van der Waals surface area contributed by atoms with Gasteiger partial charge in [0.2, 0.25) is 5.85 Å². The predicted molar refractivity (Wildman–Crippen MR) is 29.1 cm³/mol. The van der Waals surface area contributed by atoms with E-state index >= 15 is 0 Å². The van der Waals surface area contributed by atoms with Crippen LogP contribution in [-0.2, 0) is 0 Å². The third-order valence-corrected chi connectivity index (χ3v) is 1.14. The highest BCUT2D eigenvalue weighted by Crippen LogP contribution is 2.28. The summed E-state index contributed by atoms with van der Waals surface area (Å²) < 4.78 is 36.5. The fourth-order valence-electron chi connectivity index (χ4n) is 0.652. The summed E-state index contributed by atoms with van der Waals surface area (Å²) in [4.78, 5) is 0. The van der Waals surface area contributed by atoms with Crippen LogP contribution < -0.4 is 0 Å². The van der Waals surface area contributed by atoms with Crippen LogP contribution in [0.15, 0.2) is 23.8 Å². The molecule has 0 aromatic heterocycles. The molecule has 10 heavy (non-hydrogen) atoms. The fraction of sp³-hybridized carbons (Fsp3) is 0.333. The van der Waals surface area contributed by atoms with Crippen LogP contribution >= 0.6 is 0 Å². The smallest absolute Gasteiger partial charge is 0.232 e. The van der Waals surface area contributed by atoms with Crippen LogP contribution in [0.2, 0.25) is 0 Å². The monoisotopic (exact) mass is 150 g/mol. The quantitative estimate of drug-likeness (QED) is 0.557. The Bertz CT molecular complexity index is 205. The summed E-state index contributed by atoms with van der Waals surface area (Å²) in [7, 11) is 0. The molecule has 0 saturated carbocycles. The minimum atomic E-state index is -2.72. The minimum absolute atomic E-state index is 0.211. The zero-order valence-corrected chi connectivity index (χ0v) is 4.94. The summed E-state index contributed by atoms with van der Waals surface area (Å²) in [5, 5.41) is 8.47. The second-order valence-corrected chi connectivity index (χ2v) is 2.07. The average Bonchev–Trinajstić information content (AvgIpc) is 1.79. The predicted octanol–water partition coefficient (Wildman–Crippen LogP) is 1.75. The molecule has 4 heteroatoms. The Morgan fingerprint density at radius 2 is 2.00 bits per heavy atom. The van der Waals surface area contributed by atoms with Crippen LogP contribution in [0, 0.1) is 0 Å². The van der Waals surface area contributed by atoms with Crippen molar-refractivity contribution in [1.29, 1.82) is 0 Å². The first kappa shape index (κ1) is 7.34. The molecule has 1 nitrogen and oxygen atoms in total. The van der Waals surface area contributed by atoms with Gasteiger partial charge in [0.05, 0.1) is 0 Å². The molecule has 0 radical (unpaired) electrons. The van der Waals surface area contributed by atoms with E-state index in [1.807, 2.05) is 0 Å². The van der Waals surface area contributed by atoms with Crippen LogP contribution in [0.3, 0.4) is 0 Å². The van der Waals surface area contributed by atoms with Gasteiger partial charge in [-0.25, -0.2) is 13.2 Å². The zero-order valence-electron chi connectivity index (χ0n) is 4.94. The van der Waals surface area contributed by atoms with Crippen molar-refractivity contribution in [1.82, 2.24) is 0 Å². The van der Waals surface area contributed by atoms with Gasteiger partial charge >= 0.3 is 0 Å². The standard InChI is InChI=1S/C6H5F3O/c7-4-1-2-6(9,10)3-5(4)8/h1,3,10H,2H2. The molecule has 0 aliphatic heterocycles. The lowest BCUT2D eigenvalue weighted by molar-refractivity contribution is -0.0414. The molecule has 1 unspecified atom stereocenters. The number of allylic oxidation sites excluding steroid dienone is 2. The molecule has 1 aliphatic rings. The molecule has 0 amide bonds. The maximum Gasteiger partial charge on any atom is 0.232 e. The number of hydrogen-bond donors (Lipinski definition) is 1. The van der Waals surface area contributed by atoms with E-state index in [4.69, 9.17) is 5.11 Å². The molecule has 0 bridgehead atoms. The van der Waals surface area contributed by atoms with Crippen molar-refractivity contribution in [2.24, 2.45) is 0 Å². The number of aliphatic hydroxyl groups is 1. The second-order valence-electron chi connectivity index (χ2n) is 2.07. The minimum Gasteiger partial charge on any atom is -0.358 e. The summed E-state index contributed by atoms with van der Waals surface area (Å²) in [6, 6.07) is 0. The van der Waals surface area contributed by atoms with Crippen LogP contribution in [0.5, 0.6) is 0 Å². The maximum absolute atomic E-state index is 12.3. The summed E-state index contributed by atoms with van der Waals surface area (Å²) in [6.07, 6.45) is 0.337. The lowest BCUT2D eigenvalue weighted by Crippen LogP contribution is -2.20. The molecule has 1 aliphatic carbocycles. The average molecular weight is 150 g/mol. The molecular formula is C6H5F3O. The summed E-state index contributed by atoms with van der Waals surface area (Å²) >= 11 is 0. The van der Waals surface area contributed by atoms with Gasteiger partial charge in [-0.1, -0.05) is 0 Å².